The molecule has 1 unspecified atom stereocenters. The van der Waals surface area contributed by atoms with Crippen molar-refractivity contribution in [2.45, 2.75) is 32.9 Å². The summed E-state index contributed by atoms with van der Waals surface area (Å²) in [7, 11) is 0. The van der Waals surface area contributed by atoms with Gasteiger partial charge in [0, 0.05) is 13.5 Å². The fraction of sp³-hybridized carbons (Fsp3) is 0.286. The molecule has 1 saturated heterocycles. The number of amides is 3. The van der Waals surface area contributed by atoms with E-state index in [0.717, 1.165) is 4.90 Å². The summed E-state index contributed by atoms with van der Waals surface area (Å²) in [5.41, 5.74) is 1.11. The highest BCUT2D eigenvalue weighted by Gasteiger charge is 2.43. The van der Waals surface area contributed by atoms with Crippen LogP contribution >= 0.6 is 0 Å². The largest absolute Gasteiger partial charge is 0.494 e. The monoisotopic (exact) mass is 384 g/mol. The summed E-state index contributed by atoms with van der Waals surface area (Å²) in [5, 5.41) is 0. The number of imide groups is 1. The predicted molar refractivity (Wildman–Crippen MR) is 101 cm³/mol. The smallest absolute Gasteiger partial charge is 0.257 e. The number of rotatable bonds is 6. The number of ether oxygens (including phenoxy) is 1. The fourth-order valence-corrected chi connectivity index (χ4v) is 3.22. The molecule has 3 amide bonds. The van der Waals surface area contributed by atoms with E-state index in [1.165, 1.54) is 24.0 Å². The van der Waals surface area contributed by atoms with E-state index in [2.05, 4.69) is 0 Å². The molecule has 6 nitrogen and oxygen atoms in total. The number of carbonyl (C=O) groups is 3. The maximum Gasteiger partial charge on any atom is 0.257 e. The van der Waals surface area contributed by atoms with E-state index >= 15 is 0 Å². The zero-order valence-electron chi connectivity index (χ0n) is 15.7. The topological polar surface area (TPSA) is 66.9 Å². The summed E-state index contributed by atoms with van der Waals surface area (Å²) >= 11 is 0. The van der Waals surface area contributed by atoms with E-state index in [-0.39, 0.29) is 30.6 Å². The zero-order chi connectivity index (χ0) is 20.3. The van der Waals surface area contributed by atoms with E-state index in [0.29, 0.717) is 23.6 Å². The molecule has 1 heterocycles. The third kappa shape index (κ3) is 4.03. The minimum atomic E-state index is -0.887. The van der Waals surface area contributed by atoms with Crippen LogP contribution in [0.5, 0.6) is 5.75 Å². The SMILES string of the molecule is CCOc1ccc(N2C(=O)CC(N(Cc3ccc(F)cc3)C(C)=O)C2=O)cc1. The Morgan fingerprint density at radius 3 is 2.36 bits per heavy atom. The number of nitrogens with zero attached hydrogens (tertiary/aromatic N) is 2. The molecule has 1 aliphatic rings. The standard InChI is InChI=1S/C21H21FN2O4/c1-3-28-18-10-8-17(9-11-18)24-20(26)12-19(21(24)27)23(14(2)25)13-15-4-6-16(22)7-5-15/h4-11,19H,3,12-13H2,1-2H3. The summed E-state index contributed by atoms with van der Waals surface area (Å²) in [6, 6.07) is 11.5. The molecule has 0 spiro atoms. The van der Waals surface area contributed by atoms with Crippen LogP contribution in [-0.4, -0.2) is 35.3 Å². The molecule has 0 N–H and O–H groups in total. The molecule has 0 aliphatic carbocycles. The van der Waals surface area contributed by atoms with Gasteiger partial charge in [-0.15, -0.1) is 0 Å². The molecule has 3 rings (SSSR count). The first-order chi connectivity index (χ1) is 13.4. The van der Waals surface area contributed by atoms with E-state index in [1.807, 2.05) is 6.92 Å². The Kier molecular flexibility index (Phi) is 5.73. The van der Waals surface area contributed by atoms with Crippen LogP contribution in [0, 0.1) is 5.82 Å². The van der Waals surface area contributed by atoms with Gasteiger partial charge < -0.3 is 9.64 Å². The van der Waals surface area contributed by atoms with E-state index in [9.17, 15) is 18.8 Å². The van der Waals surface area contributed by atoms with E-state index < -0.39 is 11.9 Å². The molecule has 1 atom stereocenters. The van der Waals surface area contributed by atoms with Crippen molar-refractivity contribution in [2.75, 3.05) is 11.5 Å². The van der Waals surface area contributed by atoms with Crippen molar-refractivity contribution in [1.29, 1.82) is 0 Å². The third-order valence-electron chi connectivity index (χ3n) is 4.58. The molecule has 0 aromatic heterocycles. The Morgan fingerprint density at radius 2 is 1.79 bits per heavy atom. The molecule has 146 valence electrons. The van der Waals surface area contributed by atoms with Crippen LogP contribution < -0.4 is 9.64 Å². The number of hydrogen-bond acceptors (Lipinski definition) is 4. The Labute approximate surface area is 162 Å². The quantitative estimate of drug-likeness (QED) is 0.719. The minimum Gasteiger partial charge on any atom is -0.494 e. The van der Waals surface area contributed by atoms with Crippen LogP contribution in [0.25, 0.3) is 0 Å². The summed E-state index contributed by atoms with van der Waals surface area (Å²) in [6.07, 6.45) is -0.0905. The van der Waals surface area contributed by atoms with E-state index in [1.54, 1.807) is 36.4 Å². The molecule has 0 radical (unpaired) electrons. The molecule has 0 bridgehead atoms. The molecule has 1 fully saturated rings. The minimum absolute atomic E-state index is 0.0905. The van der Waals surface area contributed by atoms with Gasteiger partial charge in [0.2, 0.25) is 11.8 Å². The van der Waals surface area contributed by atoms with Crippen LogP contribution in [0.2, 0.25) is 0 Å². The molecule has 7 heteroatoms. The second-order valence-electron chi connectivity index (χ2n) is 6.49. The maximum atomic E-state index is 13.1. The normalized spacial score (nSPS) is 16.4. The molecular weight excluding hydrogens is 363 g/mol. The van der Waals surface area contributed by atoms with Crippen molar-refractivity contribution in [3.8, 4) is 5.75 Å². The molecule has 1 aliphatic heterocycles. The van der Waals surface area contributed by atoms with Gasteiger partial charge in [0.25, 0.3) is 5.91 Å². The average molecular weight is 384 g/mol. The predicted octanol–water partition coefficient (Wildman–Crippen LogP) is 2.91. The Hall–Kier alpha value is -3.22. The number of anilines is 1. The Bertz CT molecular complexity index is 880. The Balaban J connectivity index is 1.81. The van der Waals surface area contributed by atoms with Crippen molar-refractivity contribution in [3.63, 3.8) is 0 Å². The number of benzene rings is 2. The van der Waals surface area contributed by atoms with Gasteiger partial charge in [0.05, 0.1) is 18.7 Å². The van der Waals surface area contributed by atoms with Gasteiger partial charge in [-0.1, -0.05) is 12.1 Å². The second-order valence-corrected chi connectivity index (χ2v) is 6.49. The highest BCUT2D eigenvalue weighted by Crippen LogP contribution is 2.28. The first-order valence-electron chi connectivity index (χ1n) is 9.02. The highest BCUT2D eigenvalue weighted by molar-refractivity contribution is 6.23. The van der Waals surface area contributed by atoms with Crippen molar-refractivity contribution < 1.29 is 23.5 Å². The summed E-state index contributed by atoms with van der Waals surface area (Å²) in [4.78, 5) is 40.1. The van der Waals surface area contributed by atoms with Crippen molar-refractivity contribution in [1.82, 2.24) is 4.90 Å². The molecule has 2 aromatic rings. The first-order valence-corrected chi connectivity index (χ1v) is 9.02. The van der Waals surface area contributed by atoms with Gasteiger partial charge in [-0.05, 0) is 48.9 Å². The lowest BCUT2D eigenvalue weighted by atomic mass is 10.1. The summed E-state index contributed by atoms with van der Waals surface area (Å²) < 4.78 is 18.5. The van der Waals surface area contributed by atoms with Gasteiger partial charge in [-0.3, -0.25) is 14.4 Å². The van der Waals surface area contributed by atoms with Crippen molar-refractivity contribution >= 4 is 23.4 Å². The zero-order valence-corrected chi connectivity index (χ0v) is 15.7. The van der Waals surface area contributed by atoms with Crippen LogP contribution in [0.1, 0.15) is 25.8 Å². The van der Waals surface area contributed by atoms with Gasteiger partial charge in [-0.2, -0.15) is 0 Å². The lowest BCUT2D eigenvalue weighted by Crippen LogP contribution is -2.44. The van der Waals surface area contributed by atoms with Crippen LogP contribution in [0.4, 0.5) is 10.1 Å². The van der Waals surface area contributed by atoms with Crippen LogP contribution in [-0.2, 0) is 20.9 Å². The molecule has 2 aromatic carbocycles. The Morgan fingerprint density at radius 1 is 1.14 bits per heavy atom. The second kappa shape index (κ2) is 8.21. The third-order valence-corrected chi connectivity index (χ3v) is 4.58. The highest BCUT2D eigenvalue weighted by atomic mass is 19.1. The van der Waals surface area contributed by atoms with Crippen LogP contribution in [0.3, 0.4) is 0 Å². The van der Waals surface area contributed by atoms with Crippen LogP contribution in [0.15, 0.2) is 48.5 Å². The van der Waals surface area contributed by atoms with Gasteiger partial charge in [0.15, 0.2) is 0 Å². The van der Waals surface area contributed by atoms with Gasteiger partial charge >= 0.3 is 0 Å². The molecule has 0 saturated carbocycles. The van der Waals surface area contributed by atoms with E-state index in [4.69, 9.17) is 4.74 Å². The summed E-state index contributed by atoms with van der Waals surface area (Å²) in [5.74, 6) is -0.893. The molecule has 28 heavy (non-hydrogen) atoms. The van der Waals surface area contributed by atoms with Crippen molar-refractivity contribution in [2.24, 2.45) is 0 Å². The van der Waals surface area contributed by atoms with Gasteiger partial charge in [-0.25, -0.2) is 9.29 Å². The molecular formula is C21H21FN2O4. The number of halogens is 1. The number of carbonyl (C=O) groups excluding carboxylic acids is 3. The maximum absolute atomic E-state index is 13.1. The lowest BCUT2D eigenvalue weighted by molar-refractivity contribution is -0.137. The number of hydrogen-bond donors (Lipinski definition) is 0. The van der Waals surface area contributed by atoms with Gasteiger partial charge in [0.1, 0.15) is 17.6 Å². The van der Waals surface area contributed by atoms with Crippen molar-refractivity contribution in [3.05, 3.63) is 59.9 Å². The lowest BCUT2D eigenvalue weighted by Gasteiger charge is -2.26. The average Bonchev–Trinajstić information content (AvgIpc) is 2.96. The summed E-state index contributed by atoms with van der Waals surface area (Å²) in [6.45, 7) is 3.85. The fourth-order valence-electron chi connectivity index (χ4n) is 3.22. The first kappa shape index (κ1) is 19.5.